The topological polar surface area (TPSA) is 112 Å². The van der Waals surface area contributed by atoms with E-state index in [0.717, 1.165) is 5.56 Å². The van der Waals surface area contributed by atoms with Gasteiger partial charge in [0.25, 0.3) is 0 Å². The van der Waals surface area contributed by atoms with Crippen LogP contribution in [0.15, 0.2) is 77.2 Å². The average molecular weight is 424 g/mol. The van der Waals surface area contributed by atoms with Gasteiger partial charge in [-0.2, -0.15) is 0 Å². The number of aliphatic hydroxyl groups excluding tert-OH is 1. The van der Waals surface area contributed by atoms with Crippen molar-refractivity contribution in [1.82, 2.24) is 10.2 Å². The number of aromatic nitrogens is 2. The molecule has 0 aliphatic carbocycles. The molecule has 0 bridgehead atoms. The zero-order chi connectivity index (χ0) is 21.1. The number of nitro benzene ring substituents is 1. The van der Waals surface area contributed by atoms with E-state index in [0.29, 0.717) is 17.2 Å². The second kappa shape index (κ2) is 8.32. The first kappa shape index (κ1) is 19.6. The summed E-state index contributed by atoms with van der Waals surface area (Å²) in [6.07, 6.45) is -1.13. The average Bonchev–Trinajstić information content (AvgIpc) is 3.26. The van der Waals surface area contributed by atoms with E-state index in [9.17, 15) is 15.2 Å². The van der Waals surface area contributed by atoms with Gasteiger partial charge in [0.1, 0.15) is 5.75 Å². The predicted octanol–water partition coefficient (Wildman–Crippen LogP) is 5.17. The number of hydrogen-bond donors (Lipinski definition) is 1. The van der Waals surface area contributed by atoms with Crippen molar-refractivity contribution in [2.24, 2.45) is 0 Å². The summed E-state index contributed by atoms with van der Waals surface area (Å²) < 4.78 is 11.2. The van der Waals surface area contributed by atoms with Gasteiger partial charge in [-0.15, -0.1) is 10.2 Å². The zero-order valence-corrected chi connectivity index (χ0v) is 16.1. The first-order chi connectivity index (χ1) is 14.5. The van der Waals surface area contributed by atoms with Crippen molar-refractivity contribution in [2.75, 3.05) is 0 Å². The highest BCUT2D eigenvalue weighted by atomic mass is 35.5. The lowest BCUT2D eigenvalue weighted by atomic mass is 10.1. The Morgan fingerprint density at radius 1 is 1.03 bits per heavy atom. The lowest BCUT2D eigenvalue weighted by molar-refractivity contribution is -0.385. The lowest BCUT2D eigenvalue weighted by Gasteiger charge is -2.09. The van der Waals surface area contributed by atoms with Crippen LogP contribution in [0.25, 0.3) is 11.5 Å². The summed E-state index contributed by atoms with van der Waals surface area (Å²) in [5, 5.41) is 29.8. The highest BCUT2D eigenvalue weighted by Gasteiger charge is 2.20. The van der Waals surface area contributed by atoms with Crippen molar-refractivity contribution in [2.45, 2.75) is 6.10 Å². The van der Waals surface area contributed by atoms with E-state index >= 15 is 0 Å². The molecule has 4 rings (SSSR count). The third-order valence-corrected chi connectivity index (χ3v) is 4.47. The molecule has 0 radical (unpaired) electrons. The SMILES string of the molecule is O=[N+]([O-])c1cc(Cl)ccc1Oc1ccc([C@H](O)c2nnc(-c3ccccc3)o2)cc1. The first-order valence-corrected chi connectivity index (χ1v) is 9.18. The van der Waals surface area contributed by atoms with Crippen molar-refractivity contribution in [3.8, 4) is 23.0 Å². The molecule has 0 unspecified atom stereocenters. The largest absolute Gasteiger partial charge is 0.450 e. The van der Waals surface area contributed by atoms with Gasteiger partial charge in [0.2, 0.25) is 17.5 Å². The predicted molar refractivity (Wildman–Crippen MR) is 108 cm³/mol. The summed E-state index contributed by atoms with van der Waals surface area (Å²) in [5.74, 6) is 0.768. The van der Waals surface area contributed by atoms with Crippen molar-refractivity contribution in [1.29, 1.82) is 0 Å². The van der Waals surface area contributed by atoms with E-state index in [1.165, 1.54) is 18.2 Å². The molecule has 0 amide bonds. The Hall–Kier alpha value is -3.75. The molecule has 0 spiro atoms. The number of ether oxygens (including phenoxy) is 1. The molecule has 0 aliphatic rings. The summed E-state index contributed by atoms with van der Waals surface area (Å²) in [7, 11) is 0. The van der Waals surface area contributed by atoms with Gasteiger partial charge >= 0.3 is 5.69 Å². The van der Waals surface area contributed by atoms with Gasteiger partial charge in [-0.05, 0) is 42.0 Å². The molecule has 0 saturated carbocycles. The third-order valence-electron chi connectivity index (χ3n) is 4.24. The Morgan fingerprint density at radius 2 is 1.77 bits per heavy atom. The van der Waals surface area contributed by atoms with Crippen LogP contribution in [0.1, 0.15) is 17.6 Å². The van der Waals surface area contributed by atoms with E-state index < -0.39 is 11.0 Å². The quantitative estimate of drug-likeness (QED) is 0.336. The van der Waals surface area contributed by atoms with Gasteiger partial charge in [0.05, 0.1) is 4.92 Å². The van der Waals surface area contributed by atoms with Crippen molar-refractivity contribution >= 4 is 17.3 Å². The zero-order valence-electron chi connectivity index (χ0n) is 15.3. The van der Waals surface area contributed by atoms with Crippen LogP contribution < -0.4 is 4.74 Å². The number of nitro groups is 1. The van der Waals surface area contributed by atoms with Gasteiger partial charge in [-0.3, -0.25) is 10.1 Å². The molecule has 1 atom stereocenters. The molecule has 1 heterocycles. The second-order valence-electron chi connectivity index (χ2n) is 6.25. The van der Waals surface area contributed by atoms with Crippen LogP contribution in [0.4, 0.5) is 5.69 Å². The van der Waals surface area contributed by atoms with Crippen LogP contribution in [0.2, 0.25) is 5.02 Å². The van der Waals surface area contributed by atoms with Gasteiger partial charge in [0.15, 0.2) is 6.10 Å². The van der Waals surface area contributed by atoms with Crippen molar-refractivity contribution in [3.05, 3.63) is 99.4 Å². The fourth-order valence-corrected chi connectivity index (χ4v) is 2.92. The van der Waals surface area contributed by atoms with Crippen LogP contribution in [-0.4, -0.2) is 20.2 Å². The second-order valence-corrected chi connectivity index (χ2v) is 6.69. The number of halogens is 1. The van der Waals surface area contributed by atoms with Crippen LogP contribution >= 0.6 is 11.6 Å². The Bertz CT molecular complexity index is 1180. The Morgan fingerprint density at radius 3 is 2.47 bits per heavy atom. The molecule has 4 aromatic rings. The summed E-state index contributed by atoms with van der Waals surface area (Å²) in [6, 6.07) is 19.7. The molecule has 30 heavy (non-hydrogen) atoms. The number of rotatable bonds is 6. The first-order valence-electron chi connectivity index (χ1n) is 8.80. The summed E-state index contributed by atoms with van der Waals surface area (Å²) in [5.41, 5.74) is 0.999. The molecule has 3 aromatic carbocycles. The number of nitrogens with zero attached hydrogens (tertiary/aromatic N) is 3. The normalized spacial score (nSPS) is 11.8. The van der Waals surface area contributed by atoms with Crippen LogP contribution in [0.3, 0.4) is 0 Å². The molecule has 8 nitrogen and oxygen atoms in total. The maximum Gasteiger partial charge on any atom is 0.313 e. The summed E-state index contributed by atoms with van der Waals surface area (Å²) in [6.45, 7) is 0. The van der Waals surface area contributed by atoms with Crippen LogP contribution in [0.5, 0.6) is 11.5 Å². The highest BCUT2D eigenvalue weighted by molar-refractivity contribution is 6.30. The van der Waals surface area contributed by atoms with Crippen LogP contribution in [0, 0.1) is 10.1 Å². The molecule has 0 saturated heterocycles. The fraction of sp³-hybridized carbons (Fsp3) is 0.0476. The van der Waals surface area contributed by atoms with E-state index in [-0.39, 0.29) is 22.4 Å². The molecule has 150 valence electrons. The number of hydrogen-bond acceptors (Lipinski definition) is 7. The number of benzene rings is 3. The molecule has 1 N–H and O–H groups in total. The minimum atomic E-state index is -1.13. The fourth-order valence-electron chi connectivity index (χ4n) is 2.75. The molecular weight excluding hydrogens is 410 g/mol. The van der Waals surface area contributed by atoms with Crippen LogP contribution in [-0.2, 0) is 0 Å². The number of aliphatic hydroxyl groups is 1. The Balaban J connectivity index is 1.52. The van der Waals surface area contributed by atoms with E-state index in [4.69, 9.17) is 20.8 Å². The molecular formula is C21H14ClN3O5. The molecule has 0 aliphatic heterocycles. The monoisotopic (exact) mass is 423 g/mol. The van der Waals surface area contributed by atoms with E-state index in [1.807, 2.05) is 30.3 Å². The molecule has 0 fully saturated rings. The standard InChI is InChI=1S/C21H14ClN3O5/c22-15-8-11-18(17(12-15)25(27)28)29-16-9-6-13(7-10-16)19(26)21-24-23-20(30-21)14-4-2-1-3-5-14/h1-12,19,26H/t19-/m0/s1. The van der Waals surface area contributed by atoms with Gasteiger partial charge < -0.3 is 14.3 Å². The smallest absolute Gasteiger partial charge is 0.313 e. The van der Waals surface area contributed by atoms with E-state index in [1.54, 1.807) is 24.3 Å². The van der Waals surface area contributed by atoms with Gasteiger partial charge in [0, 0.05) is 16.7 Å². The van der Waals surface area contributed by atoms with Crippen molar-refractivity contribution in [3.63, 3.8) is 0 Å². The summed E-state index contributed by atoms with van der Waals surface area (Å²) in [4.78, 5) is 10.6. The van der Waals surface area contributed by atoms with Crippen molar-refractivity contribution < 1.29 is 19.2 Å². The maximum absolute atomic E-state index is 11.2. The maximum atomic E-state index is 11.2. The van der Waals surface area contributed by atoms with Gasteiger partial charge in [-0.1, -0.05) is 41.9 Å². The minimum Gasteiger partial charge on any atom is -0.450 e. The van der Waals surface area contributed by atoms with E-state index in [2.05, 4.69) is 10.2 Å². The Kier molecular flexibility index (Phi) is 5.42. The van der Waals surface area contributed by atoms with Gasteiger partial charge in [-0.25, -0.2) is 0 Å². The molecule has 1 aromatic heterocycles. The third kappa shape index (κ3) is 4.14. The molecule has 9 heteroatoms. The summed E-state index contributed by atoms with van der Waals surface area (Å²) >= 11 is 5.81. The Labute approximate surface area is 175 Å². The lowest BCUT2D eigenvalue weighted by Crippen LogP contribution is -2.00. The minimum absolute atomic E-state index is 0.0517. The highest BCUT2D eigenvalue weighted by Crippen LogP contribution is 2.34.